The van der Waals surface area contributed by atoms with Crippen molar-refractivity contribution in [1.29, 1.82) is 0 Å². The summed E-state index contributed by atoms with van der Waals surface area (Å²) in [6, 6.07) is 0. The van der Waals surface area contributed by atoms with Crippen LogP contribution < -0.4 is 0 Å². The Morgan fingerprint density at radius 2 is 1.86 bits per heavy atom. The Labute approximate surface area is 130 Å². The Kier molecular flexibility index (Phi) is 6.88. The van der Waals surface area contributed by atoms with Gasteiger partial charge in [0.05, 0.1) is 25.9 Å². The van der Waals surface area contributed by atoms with Crippen molar-refractivity contribution in [2.45, 2.75) is 83.2 Å². The second-order valence-corrected chi connectivity index (χ2v) is 12.3. The number of hydrogen-bond donors (Lipinski definition) is 0. The van der Waals surface area contributed by atoms with Gasteiger partial charge in [0.15, 0.2) is 8.32 Å². The maximum Gasteiger partial charge on any atom is 0.305 e. The van der Waals surface area contributed by atoms with E-state index in [0.717, 1.165) is 25.7 Å². The number of rotatable bonds is 6. The number of carbonyl (C=O) groups is 1. The van der Waals surface area contributed by atoms with Gasteiger partial charge in [-0.15, -0.1) is 0 Å². The molecule has 1 rings (SSSR count). The maximum absolute atomic E-state index is 11.2. The molecule has 0 aromatic rings. The molecule has 0 bridgehead atoms. The highest BCUT2D eigenvalue weighted by Gasteiger charge is 2.38. The summed E-state index contributed by atoms with van der Waals surface area (Å²) in [7, 11) is -0.277. The van der Waals surface area contributed by atoms with E-state index in [1.54, 1.807) is 0 Å². The number of methoxy groups -OCH3 is 1. The zero-order valence-corrected chi connectivity index (χ0v) is 15.5. The van der Waals surface area contributed by atoms with Crippen molar-refractivity contribution >= 4 is 14.3 Å². The van der Waals surface area contributed by atoms with Crippen molar-refractivity contribution in [3.63, 3.8) is 0 Å². The van der Waals surface area contributed by atoms with E-state index in [1.165, 1.54) is 7.11 Å². The van der Waals surface area contributed by atoms with Gasteiger partial charge >= 0.3 is 5.97 Å². The molecule has 2 unspecified atom stereocenters. The smallest absolute Gasteiger partial charge is 0.305 e. The molecule has 0 spiro atoms. The van der Waals surface area contributed by atoms with E-state index in [2.05, 4.69) is 38.6 Å². The minimum atomic E-state index is -1.71. The fourth-order valence-corrected chi connectivity index (χ4v) is 3.25. The predicted octanol–water partition coefficient (Wildman–Crippen LogP) is 3.90. The number of carbonyl (C=O) groups excluding carboxylic acids is 1. The lowest BCUT2D eigenvalue weighted by atomic mass is 10.0. The molecule has 5 heteroatoms. The van der Waals surface area contributed by atoms with Gasteiger partial charge in [0.1, 0.15) is 0 Å². The Hall–Kier alpha value is -0.393. The average molecular weight is 317 g/mol. The van der Waals surface area contributed by atoms with Crippen LogP contribution >= 0.6 is 0 Å². The molecule has 0 radical (unpaired) electrons. The summed E-state index contributed by atoms with van der Waals surface area (Å²) in [5.41, 5.74) is 0. The van der Waals surface area contributed by atoms with Crippen LogP contribution in [-0.4, -0.2) is 40.2 Å². The maximum atomic E-state index is 11.2. The van der Waals surface area contributed by atoms with Crippen molar-refractivity contribution in [1.82, 2.24) is 0 Å². The molecule has 0 N–H and O–H groups in total. The average Bonchev–Trinajstić information content (AvgIpc) is 2.42. The van der Waals surface area contributed by atoms with Crippen LogP contribution in [0.3, 0.4) is 0 Å². The first-order chi connectivity index (χ1) is 9.65. The molecule has 4 nitrogen and oxygen atoms in total. The Morgan fingerprint density at radius 3 is 2.43 bits per heavy atom. The first kappa shape index (κ1) is 18.7. The van der Waals surface area contributed by atoms with Gasteiger partial charge in [-0.1, -0.05) is 20.8 Å². The summed E-state index contributed by atoms with van der Waals surface area (Å²) < 4.78 is 17.0. The van der Waals surface area contributed by atoms with Crippen LogP contribution in [0.15, 0.2) is 0 Å². The quantitative estimate of drug-likeness (QED) is 0.551. The number of esters is 1. The molecule has 0 saturated carbocycles. The highest BCUT2D eigenvalue weighted by Crippen LogP contribution is 2.37. The molecule has 0 aliphatic carbocycles. The summed E-state index contributed by atoms with van der Waals surface area (Å²) in [6.07, 6.45) is 4.79. The molecule has 0 amide bonds. The molecule has 21 heavy (non-hydrogen) atoms. The summed E-state index contributed by atoms with van der Waals surface area (Å²) >= 11 is 0. The van der Waals surface area contributed by atoms with Crippen LogP contribution in [-0.2, 0) is 18.7 Å². The highest BCUT2D eigenvalue weighted by atomic mass is 28.4. The third-order valence-corrected chi connectivity index (χ3v) is 9.27. The molecular formula is C16H32O4Si. The summed E-state index contributed by atoms with van der Waals surface area (Å²) in [6.45, 7) is 12.0. The second kappa shape index (κ2) is 7.74. The summed E-state index contributed by atoms with van der Waals surface area (Å²) in [4.78, 5) is 11.2. The molecule has 0 aromatic heterocycles. The first-order valence-electron chi connectivity index (χ1n) is 8.02. The molecule has 0 aromatic carbocycles. The van der Waals surface area contributed by atoms with Crippen molar-refractivity contribution in [3.8, 4) is 0 Å². The fourth-order valence-electron chi connectivity index (χ4n) is 2.22. The molecule has 1 fully saturated rings. The Morgan fingerprint density at radius 1 is 1.24 bits per heavy atom. The predicted molar refractivity (Wildman–Crippen MR) is 86.9 cm³/mol. The molecule has 1 aliphatic rings. The van der Waals surface area contributed by atoms with Crippen LogP contribution in [0.5, 0.6) is 0 Å². The SMILES string of the molecule is COC(=O)CCC1CCCC(CO[Si](C)(C)C(C)(C)C)O1. The van der Waals surface area contributed by atoms with E-state index < -0.39 is 8.32 Å². The van der Waals surface area contributed by atoms with Gasteiger partial charge < -0.3 is 13.9 Å². The lowest BCUT2D eigenvalue weighted by Gasteiger charge is -2.38. The third-order valence-electron chi connectivity index (χ3n) is 4.77. The van der Waals surface area contributed by atoms with Crippen molar-refractivity contribution in [2.75, 3.05) is 13.7 Å². The number of hydrogen-bond acceptors (Lipinski definition) is 4. The van der Waals surface area contributed by atoms with Crippen LogP contribution in [0.25, 0.3) is 0 Å². The minimum absolute atomic E-state index is 0.154. The number of ether oxygens (including phenoxy) is 2. The fraction of sp³-hybridized carbons (Fsp3) is 0.938. The zero-order chi connectivity index (χ0) is 16.1. The van der Waals surface area contributed by atoms with Crippen LogP contribution in [0.2, 0.25) is 18.1 Å². The van der Waals surface area contributed by atoms with E-state index in [0.29, 0.717) is 13.0 Å². The first-order valence-corrected chi connectivity index (χ1v) is 10.9. The van der Waals surface area contributed by atoms with Crippen molar-refractivity contribution < 1.29 is 18.7 Å². The molecule has 1 aliphatic heterocycles. The lowest BCUT2D eigenvalue weighted by Crippen LogP contribution is -2.44. The van der Waals surface area contributed by atoms with Gasteiger partial charge in [-0.3, -0.25) is 4.79 Å². The van der Waals surface area contributed by atoms with Crippen molar-refractivity contribution in [2.24, 2.45) is 0 Å². The van der Waals surface area contributed by atoms with Gasteiger partial charge in [-0.05, 0) is 43.8 Å². The highest BCUT2D eigenvalue weighted by molar-refractivity contribution is 6.74. The van der Waals surface area contributed by atoms with E-state index >= 15 is 0 Å². The van der Waals surface area contributed by atoms with E-state index in [4.69, 9.17) is 9.16 Å². The standard InChI is InChI=1S/C16H32O4Si/c1-16(2,3)21(5,6)19-12-14-9-7-8-13(20-14)10-11-15(17)18-4/h13-14H,7-12H2,1-6H3. The second-order valence-electron chi connectivity index (χ2n) is 7.50. The van der Waals surface area contributed by atoms with Crippen LogP contribution in [0.1, 0.15) is 52.9 Å². The Bertz CT molecular complexity index is 336. The van der Waals surface area contributed by atoms with E-state index in [-0.39, 0.29) is 23.2 Å². The summed E-state index contributed by atoms with van der Waals surface area (Å²) in [5, 5.41) is 0.228. The topological polar surface area (TPSA) is 44.8 Å². The van der Waals surface area contributed by atoms with Crippen LogP contribution in [0, 0.1) is 0 Å². The monoisotopic (exact) mass is 316 g/mol. The molecule has 2 atom stereocenters. The Balaban J connectivity index is 2.38. The molecule has 1 heterocycles. The third kappa shape index (κ3) is 6.08. The largest absolute Gasteiger partial charge is 0.469 e. The molecule has 124 valence electrons. The zero-order valence-electron chi connectivity index (χ0n) is 14.5. The van der Waals surface area contributed by atoms with Crippen LogP contribution in [0.4, 0.5) is 0 Å². The molecule has 1 saturated heterocycles. The van der Waals surface area contributed by atoms with E-state index in [1.807, 2.05) is 0 Å². The summed E-state index contributed by atoms with van der Waals surface area (Å²) in [5.74, 6) is -0.154. The van der Waals surface area contributed by atoms with Gasteiger partial charge in [0.25, 0.3) is 0 Å². The van der Waals surface area contributed by atoms with Crippen molar-refractivity contribution in [3.05, 3.63) is 0 Å². The minimum Gasteiger partial charge on any atom is -0.469 e. The molecular weight excluding hydrogens is 284 g/mol. The van der Waals surface area contributed by atoms with Gasteiger partial charge in [0, 0.05) is 6.42 Å². The normalized spacial score (nSPS) is 23.9. The van der Waals surface area contributed by atoms with Gasteiger partial charge in [-0.25, -0.2) is 0 Å². The van der Waals surface area contributed by atoms with Gasteiger partial charge in [0.2, 0.25) is 0 Å². The lowest BCUT2D eigenvalue weighted by molar-refractivity contribution is -0.142. The van der Waals surface area contributed by atoms with Gasteiger partial charge in [-0.2, -0.15) is 0 Å². The van der Waals surface area contributed by atoms with E-state index in [9.17, 15) is 4.79 Å².